The molecular formula is C20H31F3N2O6. The molecule has 0 bridgehead atoms. The molecule has 11 heteroatoms. The summed E-state index contributed by atoms with van der Waals surface area (Å²) in [6.07, 6.45) is -6.09. The Morgan fingerprint density at radius 3 is 2.16 bits per heavy atom. The van der Waals surface area contributed by atoms with Crippen molar-refractivity contribution in [3.63, 3.8) is 0 Å². The maximum atomic E-state index is 13.8. The van der Waals surface area contributed by atoms with Gasteiger partial charge in [-0.05, 0) is 53.4 Å². The van der Waals surface area contributed by atoms with Crippen LogP contribution in [0.1, 0.15) is 59.8 Å². The number of hydrogen-bond donors (Lipinski definition) is 1. The van der Waals surface area contributed by atoms with Gasteiger partial charge in [0.15, 0.2) is 5.72 Å². The van der Waals surface area contributed by atoms with Gasteiger partial charge in [-0.3, -0.25) is 9.59 Å². The van der Waals surface area contributed by atoms with Crippen LogP contribution in [0.3, 0.4) is 0 Å². The summed E-state index contributed by atoms with van der Waals surface area (Å²) < 4.78 is 51.5. The number of aliphatic hydroxyl groups is 1. The van der Waals surface area contributed by atoms with E-state index in [1.54, 1.807) is 20.8 Å². The van der Waals surface area contributed by atoms with E-state index in [0.717, 1.165) is 4.90 Å². The summed E-state index contributed by atoms with van der Waals surface area (Å²) in [4.78, 5) is 39.4. The molecule has 31 heavy (non-hydrogen) atoms. The van der Waals surface area contributed by atoms with Crippen LogP contribution in [0.4, 0.5) is 18.0 Å². The van der Waals surface area contributed by atoms with Crippen molar-refractivity contribution in [2.75, 3.05) is 26.2 Å². The number of esters is 1. The van der Waals surface area contributed by atoms with Crippen molar-refractivity contribution in [3.05, 3.63) is 0 Å². The molecule has 1 heterocycles. The van der Waals surface area contributed by atoms with Crippen molar-refractivity contribution in [1.82, 2.24) is 9.80 Å². The number of hydrogen-bond acceptors (Lipinski definition) is 6. The van der Waals surface area contributed by atoms with Crippen LogP contribution in [0.2, 0.25) is 0 Å². The maximum Gasteiger partial charge on any atom is 0.410 e. The second-order valence-corrected chi connectivity index (χ2v) is 9.12. The minimum Gasteiger partial charge on any atom is -0.465 e. The molecule has 2 aliphatic rings. The van der Waals surface area contributed by atoms with E-state index in [4.69, 9.17) is 9.47 Å². The molecule has 2 fully saturated rings. The number of halogens is 3. The van der Waals surface area contributed by atoms with Gasteiger partial charge in [-0.25, -0.2) is 4.79 Å². The average Bonchev–Trinajstić information content (AvgIpc) is 2.55. The lowest BCUT2D eigenvalue weighted by molar-refractivity contribution is -0.258. The first-order valence-corrected chi connectivity index (χ1v) is 10.4. The Morgan fingerprint density at radius 1 is 1.10 bits per heavy atom. The first-order valence-electron chi connectivity index (χ1n) is 10.4. The lowest BCUT2D eigenvalue weighted by atomic mass is 9.66. The number of ether oxygens (including phenoxy) is 2. The summed E-state index contributed by atoms with van der Waals surface area (Å²) >= 11 is 0. The molecule has 1 saturated heterocycles. The van der Waals surface area contributed by atoms with Crippen LogP contribution in [0.15, 0.2) is 0 Å². The molecule has 0 aromatic carbocycles. The van der Waals surface area contributed by atoms with Crippen LogP contribution in [0.25, 0.3) is 0 Å². The topological polar surface area (TPSA) is 96.4 Å². The Labute approximate surface area is 179 Å². The average molecular weight is 452 g/mol. The molecular weight excluding hydrogens is 421 g/mol. The first-order chi connectivity index (χ1) is 14.2. The van der Waals surface area contributed by atoms with Crippen LogP contribution in [0.5, 0.6) is 0 Å². The highest BCUT2D eigenvalue weighted by Gasteiger charge is 2.66. The minimum atomic E-state index is -4.83. The van der Waals surface area contributed by atoms with E-state index in [2.05, 4.69) is 0 Å². The zero-order chi connectivity index (χ0) is 23.7. The number of alkyl halides is 3. The predicted molar refractivity (Wildman–Crippen MR) is 103 cm³/mol. The van der Waals surface area contributed by atoms with Gasteiger partial charge < -0.3 is 24.4 Å². The van der Waals surface area contributed by atoms with E-state index in [1.165, 1.54) is 6.92 Å². The highest BCUT2D eigenvalue weighted by atomic mass is 19.4. The van der Waals surface area contributed by atoms with E-state index in [0.29, 0.717) is 4.90 Å². The summed E-state index contributed by atoms with van der Waals surface area (Å²) in [5, 5.41) is 11.3. The van der Waals surface area contributed by atoms with Gasteiger partial charge in [-0.1, -0.05) is 6.42 Å². The fourth-order valence-corrected chi connectivity index (χ4v) is 3.87. The first kappa shape index (κ1) is 25.2. The number of likely N-dealkylation sites (tertiary alicyclic amines) is 1. The molecule has 1 aliphatic heterocycles. The number of rotatable bonds is 5. The number of nitrogens with zero attached hydrogens (tertiary/aromatic N) is 2. The highest BCUT2D eigenvalue weighted by molar-refractivity contribution is 5.88. The lowest BCUT2D eigenvalue weighted by Crippen LogP contribution is -2.67. The van der Waals surface area contributed by atoms with Gasteiger partial charge in [0.25, 0.3) is 0 Å². The number of piperidine rings is 1. The van der Waals surface area contributed by atoms with Gasteiger partial charge in [0.1, 0.15) is 17.6 Å². The predicted octanol–water partition coefficient (Wildman–Crippen LogP) is 2.83. The highest BCUT2D eigenvalue weighted by Crippen LogP contribution is 2.54. The summed E-state index contributed by atoms with van der Waals surface area (Å²) in [5.41, 5.74) is -5.63. The van der Waals surface area contributed by atoms with Crippen molar-refractivity contribution in [2.24, 2.45) is 5.41 Å². The van der Waals surface area contributed by atoms with Gasteiger partial charge in [0.2, 0.25) is 5.91 Å². The Kier molecular flexibility index (Phi) is 7.19. The summed E-state index contributed by atoms with van der Waals surface area (Å²) in [6.45, 7) is 5.33. The van der Waals surface area contributed by atoms with Gasteiger partial charge >= 0.3 is 18.2 Å². The van der Waals surface area contributed by atoms with Gasteiger partial charge in [0, 0.05) is 6.54 Å². The zero-order valence-corrected chi connectivity index (χ0v) is 18.4. The summed E-state index contributed by atoms with van der Waals surface area (Å²) in [6, 6.07) is 0. The molecule has 1 saturated carbocycles. The SMILES string of the molecule is CCOC(=O)CN(C(=O)C1(C(F)(F)F)CCC1)[C@]1(O)CCCN(C(=O)OC(C)(C)C)C1. The Hall–Kier alpha value is -2.04. The molecule has 178 valence electrons. The third-order valence-electron chi connectivity index (χ3n) is 5.60. The van der Waals surface area contributed by atoms with Crippen molar-refractivity contribution >= 4 is 18.0 Å². The van der Waals surface area contributed by atoms with Crippen LogP contribution >= 0.6 is 0 Å². The standard InChI is InChI=1S/C20H31F3N2O6/c1-5-30-14(26)12-25(15(27)18(8-6-9-18)20(21,22)23)19(29)10-7-11-24(13-19)16(28)31-17(2,3)4/h29H,5-13H2,1-4H3/t19-/m0/s1. The largest absolute Gasteiger partial charge is 0.465 e. The van der Waals surface area contributed by atoms with E-state index >= 15 is 0 Å². The molecule has 1 aliphatic carbocycles. The third kappa shape index (κ3) is 5.42. The molecule has 1 atom stereocenters. The second-order valence-electron chi connectivity index (χ2n) is 9.12. The summed E-state index contributed by atoms with van der Waals surface area (Å²) in [7, 11) is 0. The van der Waals surface area contributed by atoms with E-state index in [1.807, 2.05) is 0 Å². The van der Waals surface area contributed by atoms with Crippen LogP contribution in [0, 0.1) is 5.41 Å². The third-order valence-corrected chi connectivity index (χ3v) is 5.60. The molecule has 1 N–H and O–H groups in total. The van der Waals surface area contributed by atoms with Gasteiger partial charge in [-0.2, -0.15) is 13.2 Å². The van der Waals surface area contributed by atoms with Crippen LogP contribution in [-0.4, -0.2) is 76.6 Å². The molecule has 2 rings (SSSR count). The normalized spacial score (nSPS) is 23.5. The van der Waals surface area contributed by atoms with E-state index in [9.17, 15) is 32.7 Å². The van der Waals surface area contributed by atoms with Crippen molar-refractivity contribution in [2.45, 2.75) is 77.3 Å². The number of amides is 2. The van der Waals surface area contributed by atoms with Crippen molar-refractivity contribution in [1.29, 1.82) is 0 Å². The minimum absolute atomic E-state index is 0.0340. The quantitative estimate of drug-likeness (QED) is 0.509. The van der Waals surface area contributed by atoms with Crippen LogP contribution in [-0.2, 0) is 19.1 Å². The molecule has 0 radical (unpaired) electrons. The Balaban J connectivity index is 2.35. The number of carbonyl (C=O) groups is 3. The zero-order valence-electron chi connectivity index (χ0n) is 18.4. The number of carbonyl (C=O) groups excluding carboxylic acids is 3. The van der Waals surface area contributed by atoms with E-state index < -0.39 is 66.8 Å². The number of β-amino-alcohol motifs (C(OH)–C–C–N with tert-alkyl or cyclic N) is 1. The smallest absolute Gasteiger partial charge is 0.410 e. The molecule has 0 unspecified atom stereocenters. The fourth-order valence-electron chi connectivity index (χ4n) is 3.87. The second kappa shape index (κ2) is 8.84. The molecule has 0 aromatic heterocycles. The maximum absolute atomic E-state index is 13.8. The Bertz CT molecular complexity index is 702. The van der Waals surface area contributed by atoms with Crippen molar-refractivity contribution < 1.29 is 42.1 Å². The molecule has 0 aromatic rings. The lowest BCUT2D eigenvalue weighted by Gasteiger charge is -2.50. The molecule has 0 spiro atoms. The Morgan fingerprint density at radius 2 is 1.71 bits per heavy atom. The van der Waals surface area contributed by atoms with Gasteiger partial charge in [0.05, 0.1) is 13.2 Å². The van der Waals surface area contributed by atoms with Gasteiger partial charge in [-0.15, -0.1) is 0 Å². The monoisotopic (exact) mass is 452 g/mol. The van der Waals surface area contributed by atoms with E-state index in [-0.39, 0.29) is 32.4 Å². The fraction of sp³-hybridized carbons (Fsp3) is 0.850. The molecule has 8 nitrogen and oxygen atoms in total. The van der Waals surface area contributed by atoms with Crippen molar-refractivity contribution in [3.8, 4) is 0 Å². The molecule has 2 amide bonds. The summed E-state index contributed by atoms with van der Waals surface area (Å²) in [5.74, 6) is -2.30. The van der Waals surface area contributed by atoms with Crippen LogP contribution < -0.4 is 0 Å².